The second-order valence-corrected chi connectivity index (χ2v) is 9.94. The molecular formula is C26H28N7O2S+. The second kappa shape index (κ2) is 9.73. The van der Waals surface area contributed by atoms with E-state index in [2.05, 4.69) is 28.8 Å². The lowest BCUT2D eigenvalue weighted by Crippen LogP contribution is -2.53. The second-order valence-electron chi connectivity index (χ2n) is 8.82. The van der Waals surface area contributed by atoms with Gasteiger partial charge in [-0.15, -0.1) is 15.9 Å². The van der Waals surface area contributed by atoms with Crippen LogP contribution in [0.3, 0.4) is 0 Å². The summed E-state index contributed by atoms with van der Waals surface area (Å²) in [4.78, 5) is 41.8. The quantitative estimate of drug-likeness (QED) is 0.356. The fourth-order valence-corrected chi connectivity index (χ4v) is 5.46. The number of amides is 2. The molecule has 3 aliphatic heterocycles. The molecule has 5 rings (SSSR count). The van der Waals surface area contributed by atoms with Crippen LogP contribution in [0.4, 0.5) is 5.13 Å². The molecule has 0 radical (unpaired) electrons. The number of fused-ring (bicyclic) bond motifs is 1. The number of aliphatic imine (C=N–C) groups is 2. The van der Waals surface area contributed by atoms with Gasteiger partial charge in [0.1, 0.15) is 11.9 Å². The number of aryl methyl sites for hydroxylation is 1. The number of nitrogens with zero attached hydrogens (tertiary/aromatic N) is 5. The molecule has 3 N–H and O–H groups in total. The number of rotatable bonds is 6. The molecule has 4 heterocycles. The number of anilines is 1. The maximum Gasteiger partial charge on any atom is 0.264 e. The van der Waals surface area contributed by atoms with Crippen LogP contribution in [0.1, 0.15) is 47.0 Å². The van der Waals surface area contributed by atoms with Crippen LogP contribution in [0.15, 0.2) is 76.9 Å². The fourth-order valence-electron chi connectivity index (χ4n) is 4.72. The first-order chi connectivity index (χ1) is 17.4. The van der Waals surface area contributed by atoms with Crippen molar-refractivity contribution in [3.8, 4) is 0 Å². The molecule has 2 amide bonds. The van der Waals surface area contributed by atoms with E-state index in [0.717, 1.165) is 47.5 Å². The third-order valence-corrected chi connectivity index (χ3v) is 7.68. The Hall–Kier alpha value is -3.73. The SMILES string of the molecule is C=CC(=O)N1CCCCC1C1=C2C=NC=C[N+]2(N)C(c2ccc(C(=O)Nc3ncc(CC)s3)cc2)=N1. The van der Waals surface area contributed by atoms with Crippen LogP contribution in [0.5, 0.6) is 0 Å². The van der Waals surface area contributed by atoms with Gasteiger partial charge in [0.05, 0.1) is 24.0 Å². The highest BCUT2D eigenvalue weighted by Crippen LogP contribution is 2.36. The third-order valence-electron chi connectivity index (χ3n) is 6.63. The summed E-state index contributed by atoms with van der Waals surface area (Å²) in [5.74, 6) is 7.14. The normalized spacial score (nSPS) is 22.9. The standard InChI is InChI=1S/C26H27N7O2S/c1-3-19-15-29-26(36-19)31-25(35)18-10-8-17(9-11-18)24-30-23(21-16-28-12-14-33(21,24)27)20-7-5-6-13-32(20)22(34)4-2/h4,8-12,14-16,20H,2-3,5-7,13,27H2,1H3/p+1. The average molecular weight is 503 g/mol. The predicted molar refractivity (Wildman–Crippen MR) is 141 cm³/mol. The lowest BCUT2D eigenvalue weighted by Gasteiger charge is -2.35. The number of aromatic nitrogens is 1. The molecule has 0 spiro atoms. The monoisotopic (exact) mass is 502 g/mol. The van der Waals surface area contributed by atoms with Crippen molar-refractivity contribution < 1.29 is 14.2 Å². The molecule has 1 aromatic carbocycles. The predicted octanol–water partition coefficient (Wildman–Crippen LogP) is 3.74. The summed E-state index contributed by atoms with van der Waals surface area (Å²) in [6, 6.07) is 6.98. The zero-order valence-corrected chi connectivity index (χ0v) is 20.9. The number of piperidine rings is 1. The van der Waals surface area contributed by atoms with Crippen LogP contribution >= 0.6 is 11.3 Å². The number of hydrogen-bond acceptors (Lipinski definition) is 7. The van der Waals surface area contributed by atoms with Gasteiger partial charge in [-0.05, 0) is 56.0 Å². The third kappa shape index (κ3) is 4.23. The molecule has 0 bridgehead atoms. The van der Waals surface area contributed by atoms with Gasteiger partial charge in [0.15, 0.2) is 5.13 Å². The zero-order chi connectivity index (χ0) is 25.3. The molecule has 1 fully saturated rings. The van der Waals surface area contributed by atoms with Gasteiger partial charge in [0, 0.05) is 23.2 Å². The summed E-state index contributed by atoms with van der Waals surface area (Å²) in [5, 5.41) is 3.43. The molecular weight excluding hydrogens is 474 g/mol. The lowest BCUT2D eigenvalue weighted by molar-refractivity contribution is -0.750. The first kappa shape index (κ1) is 24.0. The molecule has 9 nitrogen and oxygen atoms in total. The van der Waals surface area contributed by atoms with E-state index in [1.54, 1.807) is 36.9 Å². The van der Waals surface area contributed by atoms with Crippen LogP contribution in [0.2, 0.25) is 0 Å². The number of allylic oxidation sites excluding steroid dienone is 1. The number of benzene rings is 1. The van der Waals surface area contributed by atoms with Crippen molar-refractivity contribution in [2.24, 2.45) is 15.8 Å². The number of thiazole rings is 1. The van der Waals surface area contributed by atoms with Crippen molar-refractivity contribution in [2.45, 2.75) is 38.6 Å². The van der Waals surface area contributed by atoms with Crippen LogP contribution in [0.25, 0.3) is 0 Å². The van der Waals surface area contributed by atoms with Crippen molar-refractivity contribution in [3.63, 3.8) is 0 Å². The Labute approximate surface area is 213 Å². The molecule has 2 aromatic rings. The first-order valence-electron chi connectivity index (χ1n) is 12.0. The van der Waals surface area contributed by atoms with E-state index in [1.807, 2.05) is 17.0 Å². The Kier molecular flexibility index (Phi) is 6.48. The van der Waals surface area contributed by atoms with Gasteiger partial charge < -0.3 is 4.90 Å². The molecule has 2 unspecified atom stereocenters. The van der Waals surface area contributed by atoms with Crippen molar-refractivity contribution >= 4 is 40.3 Å². The van der Waals surface area contributed by atoms with Crippen LogP contribution < -0.4 is 11.2 Å². The highest BCUT2D eigenvalue weighted by molar-refractivity contribution is 7.15. The van der Waals surface area contributed by atoms with Gasteiger partial charge in [-0.1, -0.05) is 13.5 Å². The van der Waals surface area contributed by atoms with E-state index in [0.29, 0.717) is 23.1 Å². The largest absolute Gasteiger partial charge is 0.330 e. The first-order valence-corrected chi connectivity index (χ1v) is 12.8. The lowest BCUT2D eigenvalue weighted by atomic mass is 9.98. The Bertz CT molecular complexity index is 1340. The van der Waals surface area contributed by atoms with Crippen LogP contribution in [-0.4, -0.2) is 50.9 Å². The topological polar surface area (TPSA) is 113 Å². The minimum Gasteiger partial charge on any atom is -0.330 e. The number of nitrogens with one attached hydrogen (secondary N) is 1. The molecule has 184 valence electrons. The van der Waals surface area contributed by atoms with Gasteiger partial charge in [-0.2, -0.15) is 10.8 Å². The molecule has 3 aliphatic rings. The van der Waals surface area contributed by atoms with E-state index in [4.69, 9.17) is 10.8 Å². The summed E-state index contributed by atoms with van der Waals surface area (Å²) >= 11 is 1.47. The van der Waals surface area contributed by atoms with Gasteiger partial charge >= 0.3 is 0 Å². The number of likely N-dealkylation sites (tertiary alicyclic amines) is 1. The maximum atomic E-state index is 12.7. The number of amidine groups is 1. The molecule has 1 aromatic heterocycles. The van der Waals surface area contributed by atoms with E-state index in [9.17, 15) is 9.59 Å². The molecule has 1 saturated heterocycles. The Morgan fingerprint density at radius 3 is 2.83 bits per heavy atom. The Morgan fingerprint density at radius 1 is 1.31 bits per heavy atom. The van der Waals surface area contributed by atoms with E-state index in [-0.39, 0.29) is 22.4 Å². The van der Waals surface area contributed by atoms with Crippen molar-refractivity contribution in [1.29, 1.82) is 0 Å². The number of hydrogen-bond donors (Lipinski definition) is 2. The van der Waals surface area contributed by atoms with Gasteiger partial charge in [-0.25, -0.2) is 4.98 Å². The number of quaternary nitrogens is 1. The van der Waals surface area contributed by atoms with Crippen LogP contribution in [0, 0.1) is 0 Å². The van der Waals surface area contributed by atoms with Crippen LogP contribution in [-0.2, 0) is 11.2 Å². The molecule has 36 heavy (non-hydrogen) atoms. The highest BCUT2D eigenvalue weighted by atomic mass is 32.1. The van der Waals surface area contributed by atoms with Crippen molar-refractivity contribution in [1.82, 2.24) is 9.88 Å². The minimum absolute atomic E-state index is 0.114. The number of nitrogens with two attached hydrogens (primary N) is 1. The van der Waals surface area contributed by atoms with E-state index < -0.39 is 0 Å². The van der Waals surface area contributed by atoms with Gasteiger partial charge in [0.2, 0.25) is 11.6 Å². The molecule has 10 heteroatoms. The van der Waals surface area contributed by atoms with Gasteiger partial charge in [0.25, 0.3) is 11.7 Å². The minimum atomic E-state index is -0.228. The summed E-state index contributed by atoms with van der Waals surface area (Å²) in [7, 11) is 0. The van der Waals surface area contributed by atoms with Crippen molar-refractivity contribution in [2.75, 3.05) is 11.9 Å². The van der Waals surface area contributed by atoms with Crippen molar-refractivity contribution in [3.05, 3.63) is 82.9 Å². The average Bonchev–Trinajstić information content (AvgIpc) is 3.49. The van der Waals surface area contributed by atoms with E-state index in [1.165, 1.54) is 17.4 Å². The smallest absolute Gasteiger partial charge is 0.264 e. The molecule has 0 saturated carbocycles. The fraction of sp³-hybridized carbons (Fsp3) is 0.269. The number of carbonyl (C=O) groups excluding carboxylic acids is 2. The summed E-state index contributed by atoms with van der Waals surface area (Å²) in [6.45, 7) is 6.36. The number of carbonyl (C=O) groups is 2. The molecule has 0 aliphatic carbocycles. The Balaban J connectivity index is 1.44. The summed E-state index contributed by atoms with van der Waals surface area (Å²) in [6.07, 6.45) is 11.9. The van der Waals surface area contributed by atoms with E-state index >= 15 is 0 Å². The zero-order valence-electron chi connectivity index (χ0n) is 20.1. The van der Waals surface area contributed by atoms with Gasteiger partial charge in [-0.3, -0.25) is 19.9 Å². The highest BCUT2D eigenvalue weighted by Gasteiger charge is 2.47. The summed E-state index contributed by atoms with van der Waals surface area (Å²) < 4.78 is -0.143. The summed E-state index contributed by atoms with van der Waals surface area (Å²) in [5.41, 5.74) is 2.76. The maximum absolute atomic E-state index is 12.7. The molecule has 2 atom stereocenters. The Morgan fingerprint density at radius 2 is 2.11 bits per heavy atom.